The van der Waals surface area contributed by atoms with Crippen molar-refractivity contribution in [3.05, 3.63) is 66.2 Å². The maximum Gasteiger partial charge on any atom is 0.177 e. The minimum Gasteiger partial charge on any atom is -0.382 e. The highest BCUT2D eigenvalue weighted by Crippen LogP contribution is 2.34. The fraction of sp³-hybridized carbons (Fsp3) is 0.120. The first kappa shape index (κ1) is 20.5. The number of H-pyrrole nitrogens is 2. The standard InChI is InChI=1S/C25H20FN7S/c1-13(2)29-16-9-15(11-27-12-16)14-3-4-18-17(10-14)22(33-32-18)25-30-19-7-8-28-24(23(19)31-25)20-5-6-21(26)34-20/h3-13,29H,1-2H3,(H,30,31)(H,32,33). The molecule has 168 valence electrons. The SMILES string of the molecule is CC(C)Nc1cncc(-c2ccc3[nH]nc(-c4nc5c(-c6ccc(F)s6)nccc5[nH]4)c3c2)c1. The van der Waals surface area contributed by atoms with Gasteiger partial charge in [0.25, 0.3) is 0 Å². The molecule has 0 saturated carbocycles. The van der Waals surface area contributed by atoms with Crippen LogP contribution in [0.15, 0.2) is 61.1 Å². The Balaban J connectivity index is 1.45. The molecular weight excluding hydrogens is 449 g/mol. The van der Waals surface area contributed by atoms with E-state index in [1.54, 1.807) is 12.3 Å². The summed E-state index contributed by atoms with van der Waals surface area (Å²) in [6, 6.07) is 13.6. The van der Waals surface area contributed by atoms with Crippen molar-refractivity contribution in [2.75, 3.05) is 5.32 Å². The van der Waals surface area contributed by atoms with Crippen molar-refractivity contribution in [2.24, 2.45) is 0 Å². The Kier molecular flexibility index (Phi) is 4.84. The van der Waals surface area contributed by atoms with E-state index in [0.717, 1.165) is 49.4 Å². The van der Waals surface area contributed by atoms with Crippen LogP contribution in [0.1, 0.15) is 13.8 Å². The largest absolute Gasteiger partial charge is 0.382 e. The van der Waals surface area contributed by atoms with Gasteiger partial charge >= 0.3 is 0 Å². The number of pyridine rings is 2. The lowest BCUT2D eigenvalue weighted by Gasteiger charge is -2.11. The van der Waals surface area contributed by atoms with E-state index in [4.69, 9.17) is 4.98 Å². The van der Waals surface area contributed by atoms with Gasteiger partial charge in [-0.15, -0.1) is 11.3 Å². The Bertz CT molecular complexity index is 1650. The van der Waals surface area contributed by atoms with Crippen LogP contribution in [0.25, 0.3) is 55.2 Å². The fourth-order valence-electron chi connectivity index (χ4n) is 4.05. The molecule has 34 heavy (non-hydrogen) atoms. The minimum absolute atomic E-state index is 0.252. The minimum atomic E-state index is -0.252. The van der Waals surface area contributed by atoms with E-state index in [1.165, 1.54) is 6.07 Å². The normalized spacial score (nSPS) is 11.6. The van der Waals surface area contributed by atoms with Gasteiger partial charge in [-0.05, 0) is 55.8 Å². The third kappa shape index (κ3) is 3.60. The molecule has 6 aromatic rings. The number of anilines is 1. The van der Waals surface area contributed by atoms with Crippen LogP contribution in [0.2, 0.25) is 0 Å². The number of benzene rings is 1. The maximum absolute atomic E-state index is 13.6. The van der Waals surface area contributed by atoms with Gasteiger partial charge in [0, 0.05) is 35.6 Å². The van der Waals surface area contributed by atoms with E-state index in [9.17, 15) is 4.39 Å². The molecule has 0 unspecified atom stereocenters. The number of hydrogen-bond donors (Lipinski definition) is 3. The molecule has 0 fully saturated rings. The first-order chi connectivity index (χ1) is 16.5. The van der Waals surface area contributed by atoms with Crippen molar-refractivity contribution in [2.45, 2.75) is 19.9 Å². The summed E-state index contributed by atoms with van der Waals surface area (Å²) in [5, 5.41) is 11.7. The molecule has 3 N–H and O–H groups in total. The number of nitrogens with zero attached hydrogens (tertiary/aromatic N) is 4. The van der Waals surface area contributed by atoms with Crippen molar-refractivity contribution < 1.29 is 4.39 Å². The Morgan fingerprint density at radius 1 is 0.971 bits per heavy atom. The summed E-state index contributed by atoms with van der Waals surface area (Å²) in [5.41, 5.74) is 6.78. The highest BCUT2D eigenvalue weighted by Gasteiger charge is 2.17. The predicted molar refractivity (Wildman–Crippen MR) is 134 cm³/mol. The van der Waals surface area contributed by atoms with Gasteiger partial charge in [0.05, 0.1) is 21.6 Å². The molecule has 0 atom stereocenters. The van der Waals surface area contributed by atoms with Crippen LogP contribution in [0.3, 0.4) is 0 Å². The lowest BCUT2D eigenvalue weighted by atomic mass is 10.0. The summed E-state index contributed by atoms with van der Waals surface area (Å²) in [4.78, 5) is 17.7. The van der Waals surface area contributed by atoms with Crippen molar-refractivity contribution in [1.82, 2.24) is 30.1 Å². The molecule has 5 aromatic heterocycles. The van der Waals surface area contributed by atoms with Crippen molar-refractivity contribution in [3.8, 4) is 33.2 Å². The second kappa shape index (κ2) is 8.03. The number of nitrogens with one attached hydrogen (secondary N) is 3. The smallest absolute Gasteiger partial charge is 0.177 e. The summed E-state index contributed by atoms with van der Waals surface area (Å²) >= 11 is 1.05. The molecule has 0 aliphatic heterocycles. The third-order valence-electron chi connectivity index (χ3n) is 5.52. The summed E-state index contributed by atoms with van der Waals surface area (Å²) in [6.07, 6.45) is 5.37. The Labute approximate surface area is 198 Å². The summed E-state index contributed by atoms with van der Waals surface area (Å²) in [5.74, 6) is 0.623. The van der Waals surface area contributed by atoms with E-state index >= 15 is 0 Å². The Hall–Kier alpha value is -4.11. The molecule has 0 amide bonds. The quantitative estimate of drug-likeness (QED) is 0.277. The molecule has 1 aromatic carbocycles. The van der Waals surface area contributed by atoms with Crippen LogP contribution in [0, 0.1) is 5.13 Å². The van der Waals surface area contributed by atoms with E-state index in [2.05, 4.69) is 56.4 Å². The van der Waals surface area contributed by atoms with E-state index in [-0.39, 0.29) is 5.13 Å². The summed E-state index contributed by atoms with van der Waals surface area (Å²) < 4.78 is 13.6. The lowest BCUT2D eigenvalue weighted by Crippen LogP contribution is -2.09. The van der Waals surface area contributed by atoms with E-state index in [0.29, 0.717) is 28.8 Å². The zero-order valence-electron chi connectivity index (χ0n) is 18.4. The Morgan fingerprint density at radius 3 is 2.71 bits per heavy atom. The Morgan fingerprint density at radius 2 is 1.88 bits per heavy atom. The summed E-state index contributed by atoms with van der Waals surface area (Å²) in [7, 11) is 0. The molecule has 0 aliphatic rings. The highest BCUT2D eigenvalue weighted by atomic mass is 32.1. The number of hydrogen-bond acceptors (Lipinski definition) is 6. The zero-order chi connectivity index (χ0) is 23.2. The van der Waals surface area contributed by atoms with Gasteiger partial charge in [-0.25, -0.2) is 4.98 Å². The van der Waals surface area contributed by atoms with Gasteiger partial charge in [-0.1, -0.05) is 6.07 Å². The fourth-order valence-corrected chi connectivity index (χ4v) is 4.78. The number of halogens is 1. The molecular formula is C25H20FN7S. The number of thiophene rings is 1. The number of imidazole rings is 1. The van der Waals surface area contributed by atoms with Crippen LogP contribution in [-0.4, -0.2) is 36.2 Å². The number of aromatic amines is 2. The van der Waals surface area contributed by atoms with Crippen molar-refractivity contribution >= 4 is 39.0 Å². The zero-order valence-corrected chi connectivity index (χ0v) is 19.2. The molecule has 0 bridgehead atoms. The number of aromatic nitrogens is 6. The van der Waals surface area contributed by atoms with Gasteiger partial charge in [-0.3, -0.25) is 15.1 Å². The van der Waals surface area contributed by atoms with Crippen LogP contribution >= 0.6 is 11.3 Å². The molecule has 5 heterocycles. The summed E-state index contributed by atoms with van der Waals surface area (Å²) in [6.45, 7) is 4.19. The lowest BCUT2D eigenvalue weighted by molar-refractivity contribution is 0.657. The molecule has 0 radical (unpaired) electrons. The van der Waals surface area contributed by atoms with Crippen LogP contribution < -0.4 is 5.32 Å². The highest BCUT2D eigenvalue weighted by molar-refractivity contribution is 7.13. The molecule has 0 saturated heterocycles. The molecule has 0 aliphatic carbocycles. The van der Waals surface area contributed by atoms with Crippen LogP contribution in [0.4, 0.5) is 10.1 Å². The predicted octanol–water partition coefficient (Wildman–Crippen LogP) is 6.25. The third-order valence-corrected chi connectivity index (χ3v) is 6.40. The second-order valence-electron chi connectivity index (χ2n) is 8.34. The average molecular weight is 470 g/mol. The first-order valence-electron chi connectivity index (χ1n) is 10.9. The van der Waals surface area contributed by atoms with Crippen LogP contribution in [-0.2, 0) is 0 Å². The molecule has 0 spiro atoms. The number of rotatable bonds is 5. The van der Waals surface area contributed by atoms with Crippen molar-refractivity contribution in [1.29, 1.82) is 0 Å². The topological polar surface area (TPSA) is 95.2 Å². The monoisotopic (exact) mass is 469 g/mol. The molecule has 9 heteroatoms. The van der Waals surface area contributed by atoms with Gasteiger partial charge in [0.1, 0.15) is 16.9 Å². The van der Waals surface area contributed by atoms with Gasteiger partial charge < -0.3 is 10.3 Å². The first-order valence-corrected chi connectivity index (χ1v) is 11.7. The van der Waals surface area contributed by atoms with E-state index < -0.39 is 0 Å². The molecule has 7 nitrogen and oxygen atoms in total. The van der Waals surface area contributed by atoms with Gasteiger partial charge in [0.15, 0.2) is 11.0 Å². The van der Waals surface area contributed by atoms with Gasteiger partial charge in [0.2, 0.25) is 0 Å². The van der Waals surface area contributed by atoms with Crippen molar-refractivity contribution in [3.63, 3.8) is 0 Å². The number of fused-ring (bicyclic) bond motifs is 2. The van der Waals surface area contributed by atoms with E-state index in [1.807, 2.05) is 30.6 Å². The second-order valence-corrected chi connectivity index (χ2v) is 9.37. The average Bonchev–Trinajstić information content (AvgIpc) is 3.55. The maximum atomic E-state index is 13.6. The van der Waals surface area contributed by atoms with Gasteiger partial charge in [-0.2, -0.15) is 9.49 Å². The van der Waals surface area contributed by atoms with Crippen LogP contribution in [0.5, 0.6) is 0 Å². The molecule has 6 rings (SSSR count).